The highest BCUT2D eigenvalue weighted by Crippen LogP contribution is 2.52. The van der Waals surface area contributed by atoms with Gasteiger partial charge in [0.1, 0.15) is 29.6 Å². The summed E-state index contributed by atoms with van der Waals surface area (Å²) in [5.41, 5.74) is -3.44. The van der Waals surface area contributed by atoms with Crippen LogP contribution >= 0.6 is 15.9 Å². The molecule has 0 amide bonds. The van der Waals surface area contributed by atoms with Crippen LogP contribution < -0.4 is 0 Å². The molecule has 2 aliphatic carbocycles. The highest BCUT2D eigenvalue weighted by Gasteiger charge is 2.55. The second-order valence-corrected chi connectivity index (χ2v) is 11.4. The minimum atomic E-state index is -3.98. The Morgan fingerprint density at radius 2 is 1.69 bits per heavy atom. The van der Waals surface area contributed by atoms with E-state index in [-0.39, 0.29) is 22.4 Å². The Morgan fingerprint density at radius 3 is 2.31 bits per heavy atom. The van der Waals surface area contributed by atoms with Gasteiger partial charge in [0.25, 0.3) is 18.3 Å². The van der Waals surface area contributed by atoms with Gasteiger partial charge in [0.05, 0.1) is 11.3 Å². The molecule has 0 radical (unpaired) electrons. The molecular weight excluding hydrogens is 638 g/mol. The first-order valence-corrected chi connectivity index (χ1v) is 13.8. The SMILES string of the molecule is O=C(C[C@@H](Cc1cc(F)cc(F)c1)c1ncc(C#CC2CC2)cc1Br)Cn1nc(C(F)F)c2c1C(F)(F)CCC2(F)F. The summed E-state index contributed by atoms with van der Waals surface area (Å²) in [5, 5.41) is 3.33. The molecule has 42 heavy (non-hydrogen) atoms. The lowest BCUT2D eigenvalue weighted by Gasteiger charge is -2.29. The minimum Gasteiger partial charge on any atom is -0.298 e. The van der Waals surface area contributed by atoms with Crippen LogP contribution in [0.5, 0.6) is 0 Å². The fourth-order valence-electron chi connectivity index (χ4n) is 5.05. The maximum absolute atomic E-state index is 14.8. The third-order valence-corrected chi connectivity index (χ3v) is 7.75. The standard InChI is InChI=1S/C29H22BrF8N3O/c30-22-10-16(4-3-15-1-2-15)13-39-24(22)18(7-17-8-19(31)12-20(32)9-17)11-21(42)14-41-26-23(25(40-41)27(33)34)28(35,36)5-6-29(26,37)38/h8-10,12-13,15,18,27H,1-2,5-7,11,14H2/t18-/m1/s1. The van der Waals surface area contributed by atoms with E-state index in [0.717, 1.165) is 25.0 Å². The number of Topliss-reactive ketones (excluding diaryl/α,β-unsaturated/α-hetero) is 1. The van der Waals surface area contributed by atoms with Gasteiger partial charge in [-0.05, 0) is 59.0 Å². The summed E-state index contributed by atoms with van der Waals surface area (Å²) < 4.78 is 114. The number of alkyl halides is 6. The van der Waals surface area contributed by atoms with Gasteiger partial charge < -0.3 is 0 Å². The molecule has 0 aliphatic heterocycles. The van der Waals surface area contributed by atoms with Gasteiger partial charge in [-0.2, -0.15) is 13.9 Å². The fraction of sp³-hybridized carbons (Fsp3) is 0.414. The number of aromatic nitrogens is 3. The van der Waals surface area contributed by atoms with Crippen molar-refractivity contribution in [1.82, 2.24) is 14.8 Å². The molecule has 2 aromatic heterocycles. The number of carbonyl (C=O) groups excluding carboxylic acids is 1. The molecule has 0 N–H and O–H groups in total. The third kappa shape index (κ3) is 6.53. The Hall–Kier alpha value is -3.27. The Bertz CT molecular complexity index is 1570. The van der Waals surface area contributed by atoms with Gasteiger partial charge in [0.15, 0.2) is 5.78 Å². The number of benzene rings is 1. The van der Waals surface area contributed by atoms with Crippen LogP contribution in [0.15, 0.2) is 34.9 Å². The minimum absolute atomic E-state index is 0.118. The summed E-state index contributed by atoms with van der Waals surface area (Å²) in [6.45, 7) is -1.00. The van der Waals surface area contributed by atoms with Crippen LogP contribution in [0, 0.1) is 29.4 Å². The smallest absolute Gasteiger partial charge is 0.290 e. The lowest BCUT2D eigenvalue weighted by Crippen LogP contribution is -2.33. The van der Waals surface area contributed by atoms with Gasteiger partial charge in [-0.3, -0.25) is 14.5 Å². The molecule has 222 valence electrons. The number of pyridine rings is 1. The molecular formula is C29H22BrF8N3O. The zero-order valence-electron chi connectivity index (χ0n) is 21.7. The predicted molar refractivity (Wildman–Crippen MR) is 138 cm³/mol. The zero-order valence-corrected chi connectivity index (χ0v) is 23.3. The average Bonchev–Trinajstić information content (AvgIpc) is 3.62. The Morgan fingerprint density at radius 1 is 1.02 bits per heavy atom. The summed E-state index contributed by atoms with van der Waals surface area (Å²) in [7, 11) is 0. The largest absolute Gasteiger partial charge is 0.298 e. The molecule has 1 saturated carbocycles. The van der Waals surface area contributed by atoms with Crippen molar-refractivity contribution in [3.8, 4) is 11.8 Å². The van der Waals surface area contributed by atoms with Gasteiger partial charge in [0.2, 0.25) is 0 Å². The van der Waals surface area contributed by atoms with Crippen LogP contribution in [-0.2, 0) is 29.6 Å². The van der Waals surface area contributed by atoms with E-state index in [9.17, 15) is 39.9 Å². The van der Waals surface area contributed by atoms with Crippen LogP contribution in [0.3, 0.4) is 0 Å². The highest BCUT2D eigenvalue weighted by molar-refractivity contribution is 9.10. The summed E-state index contributed by atoms with van der Waals surface area (Å²) in [4.78, 5) is 17.6. The molecule has 3 aromatic rings. The maximum Gasteiger partial charge on any atom is 0.290 e. The Kier molecular flexibility index (Phi) is 8.22. The van der Waals surface area contributed by atoms with Gasteiger partial charge in [-0.25, -0.2) is 26.3 Å². The van der Waals surface area contributed by atoms with E-state index in [2.05, 4.69) is 37.9 Å². The summed E-state index contributed by atoms with van der Waals surface area (Å²) in [5.74, 6) is -4.92. The van der Waals surface area contributed by atoms with E-state index in [1.54, 1.807) is 6.07 Å². The van der Waals surface area contributed by atoms with E-state index < -0.39 is 84.4 Å². The lowest BCUT2D eigenvalue weighted by atomic mass is 9.88. The predicted octanol–water partition coefficient (Wildman–Crippen LogP) is 7.98. The van der Waals surface area contributed by atoms with E-state index in [1.807, 2.05) is 0 Å². The Balaban J connectivity index is 1.47. The van der Waals surface area contributed by atoms with Crippen molar-refractivity contribution in [3.63, 3.8) is 0 Å². The molecule has 0 unspecified atom stereocenters. The second kappa shape index (κ2) is 11.4. The number of hydrogen-bond donors (Lipinski definition) is 0. The number of ketones is 1. The number of carbonyl (C=O) groups is 1. The molecule has 13 heteroatoms. The molecule has 1 aromatic carbocycles. The summed E-state index contributed by atoms with van der Waals surface area (Å²) in [6.07, 6.45) is -3.33. The molecule has 4 nitrogen and oxygen atoms in total. The van der Waals surface area contributed by atoms with Gasteiger partial charge in [-0.1, -0.05) is 11.8 Å². The quantitative estimate of drug-likeness (QED) is 0.182. The van der Waals surface area contributed by atoms with Gasteiger partial charge >= 0.3 is 0 Å². The van der Waals surface area contributed by atoms with Crippen LogP contribution in [0.25, 0.3) is 0 Å². The Labute approximate surface area is 243 Å². The first-order valence-electron chi connectivity index (χ1n) is 13.0. The monoisotopic (exact) mass is 659 g/mol. The number of rotatable bonds is 8. The average molecular weight is 660 g/mol. The zero-order chi connectivity index (χ0) is 30.4. The normalized spacial score (nSPS) is 17.9. The number of nitrogens with zero attached hydrogens (tertiary/aromatic N) is 3. The second-order valence-electron chi connectivity index (χ2n) is 10.5. The van der Waals surface area contributed by atoms with Crippen molar-refractivity contribution in [2.24, 2.45) is 5.92 Å². The van der Waals surface area contributed by atoms with Crippen molar-refractivity contribution in [3.05, 3.63) is 80.3 Å². The van der Waals surface area contributed by atoms with Crippen LogP contribution in [0.2, 0.25) is 0 Å². The molecule has 0 saturated heterocycles. The first kappa shape index (κ1) is 30.2. The van der Waals surface area contributed by atoms with Crippen molar-refractivity contribution in [1.29, 1.82) is 0 Å². The molecule has 2 aliphatic rings. The highest BCUT2D eigenvalue weighted by atomic mass is 79.9. The van der Waals surface area contributed by atoms with E-state index in [1.165, 1.54) is 6.20 Å². The third-order valence-electron chi connectivity index (χ3n) is 7.11. The van der Waals surface area contributed by atoms with Crippen molar-refractivity contribution >= 4 is 21.7 Å². The number of fused-ring (bicyclic) bond motifs is 1. The lowest BCUT2D eigenvalue weighted by molar-refractivity contribution is -0.121. The summed E-state index contributed by atoms with van der Waals surface area (Å²) in [6, 6.07) is 4.45. The van der Waals surface area contributed by atoms with Gasteiger partial charge in [0, 0.05) is 53.4 Å². The topological polar surface area (TPSA) is 47.8 Å². The van der Waals surface area contributed by atoms with Crippen molar-refractivity contribution in [2.75, 3.05) is 0 Å². The number of hydrogen-bond acceptors (Lipinski definition) is 3. The number of halogens is 9. The maximum atomic E-state index is 14.8. The van der Waals surface area contributed by atoms with Gasteiger partial charge in [-0.15, -0.1) is 0 Å². The fourth-order valence-corrected chi connectivity index (χ4v) is 5.73. The molecule has 0 bridgehead atoms. The molecule has 1 fully saturated rings. The molecule has 1 atom stereocenters. The van der Waals surface area contributed by atoms with Crippen LogP contribution in [0.4, 0.5) is 35.1 Å². The van der Waals surface area contributed by atoms with Crippen molar-refractivity contribution in [2.45, 2.75) is 69.3 Å². The van der Waals surface area contributed by atoms with E-state index in [0.29, 0.717) is 22.0 Å². The van der Waals surface area contributed by atoms with Crippen LogP contribution in [-0.4, -0.2) is 20.5 Å². The van der Waals surface area contributed by atoms with Crippen molar-refractivity contribution < 1.29 is 39.9 Å². The first-order chi connectivity index (χ1) is 19.7. The van der Waals surface area contributed by atoms with E-state index in [4.69, 9.17) is 0 Å². The molecule has 2 heterocycles. The molecule has 5 rings (SSSR count). The summed E-state index contributed by atoms with van der Waals surface area (Å²) >= 11 is 3.39. The molecule has 0 spiro atoms. The van der Waals surface area contributed by atoms with Crippen LogP contribution in [0.1, 0.15) is 78.2 Å². The van der Waals surface area contributed by atoms with E-state index >= 15 is 0 Å².